The predicted octanol–water partition coefficient (Wildman–Crippen LogP) is 3.19. The molecule has 0 aliphatic carbocycles. The van der Waals surface area contributed by atoms with Gasteiger partial charge in [0.2, 0.25) is 0 Å². The molecule has 0 saturated heterocycles. The van der Waals surface area contributed by atoms with E-state index in [1.165, 1.54) is 6.07 Å². The first kappa shape index (κ1) is 14.0. The molecule has 0 aromatic heterocycles. The molecule has 4 heteroatoms. The van der Waals surface area contributed by atoms with Gasteiger partial charge in [0.1, 0.15) is 17.6 Å². The normalized spacial score (nSPS) is 11.7. The fourth-order valence-corrected chi connectivity index (χ4v) is 1.90. The van der Waals surface area contributed by atoms with Crippen molar-refractivity contribution in [1.82, 2.24) is 5.32 Å². The van der Waals surface area contributed by atoms with E-state index in [2.05, 4.69) is 11.4 Å². The van der Waals surface area contributed by atoms with Crippen LogP contribution in [0.3, 0.4) is 0 Å². The highest BCUT2D eigenvalue weighted by atomic mass is 19.1. The van der Waals surface area contributed by atoms with E-state index in [-0.39, 0.29) is 5.82 Å². The van der Waals surface area contributed by atoms with E-state index < -0.39 is 6.04 Å². The summed E-state index contributed by atoms with van der Waals surface area (Å²) in [5.41, 5.74) is 1.37. The number of hydrogen-bond acceptors (Lipinski definition) is 3. The van der Waals surface area contributed by atoms with Crippen LogP contribution in [0.4, 0.5) is 4.39 Å². The standard InChI is InChI=1S/C16H15FN2O/c1-20-13-8-6-12(7-9-13)11-19-16(10-18)14-4-2-3-5-15(14)17/h2-9,16,19H,11H2,1H3. The van der Waals surface area contributed by atoms with Crippen LogP contribution in [0, 0.1) is 17.1 Å². The molecule has 0 radical (unpaired) electrons. The van der Waals surface area contributed by atoms with Crippen molar-refractivity contribution in [3.05, 3.63) is 65.5 Å². The molecule has 102 valence electrons. The molecule has 0 bridgehead atoms. The lowest BCUT2D eigenvalue weighted by molar-refractivity contribution is 0.414. The third-order valence-electron chi connectivity index (χ3n) is 3.01. The number of halogens is 1. The second kappa shape index (κ2) is 6.69. The summed E-state index contributed by atoms with van der Waals surface area (Å²) in [4.78, 5) is 0. The van der Waals surface area contributed by atoms with Gasteiger partial charge in [0.15, 0.2) is 0 Å². The van der Waals surface area contributed by atoms with Crippen molar-refractivity contribution in [2.45, 2.75) is 12.6 Å². The van der Waals surface area contributed by atoms with Crippen LogP contribution in [0.25, 0.3) is 0 Å². The molecule has 0 aliphatic heterocycles. The fraction of sp³-hybridized carbons (Fsp3) is 0.188. The molecular weight excluding hydrogens is 255 g/mol. The average molecular weight is 270 g/mol. The van der Waals surface area contributed by atoms with Gasteiger partial charge in [-0.1, -0.05) is 30.3 Å². The van der Waals surface area contributed by atoms with Crippen LogP contribution in [-0.4, -0.2) is 7.11 Å². The Labute approximate surface area is 117 Å². The number of ether oxygens (including phenoxy) is 1. The Morgan fingerprint density at radius 1 is 1.20 bits per heavy atom. The summed E-state index contributed by atoms with van der Waals surface area (Å²) in [5.74, 6) is 0.404. The Balaban J connectivity index is 2.04. The quantitative estimate of drug-likeness (QED) is 0.907. The van der Waals surface area contributed by atoms with Gasteiger partial charge in [0.25, 0.3) is 0 Å². The third-order valence-corrected chi connectivity index (χ3v) is 3.01. The molecule has 2 aromatic carbocycles. The van der Waals surface area contributed by atoms with Crippen LogP contribution in [-0.2, 0) is 6.54 Å². The van der Waals surface area contributed by atoms with E-state index in [9.17, 15) is 4.39 Å². The van der Waals surface area contributed by atoms with E-state index >= 15 is 0 Å². The van der Waals surface area contributed by atoms with E-state index in [1.54, 1.807) is 25.3 Å². The van der Waals surface area contributed by atoms with Gasteiger partial charge in [0, 0.05) is 12.1 Å². The lowest BCUT2D eigenvalue weighted by Gasteiger charge is -2.13. The van der Waals surface area contributed by atoms with Gasteiger partial charge < -0.3 is 4.74 Å². The zero-order valence-electron chi connectivity index (χ0n) is 11.1. The van der Waals surface area contributed by atoms with Crippen molar-refractivity contribution in [2.75, 3.05) is 7.11 Å². The van der Waals surface area contributed by atoms with Crippen molar-refractivity contribution < 1.29 is 9.13 Å². The molecule has 0 aliphatic rings. The summed E-state index contributed by atoms with van der Waals surface area (Å²) in [6.07, 6.45) is 0. The van der Waals surface area contributed by atoms with Crippen LogP contribution < -0.4 is 10.1 Å². The molecular formula is C16H15FN2O. The van der Waals surface area contributed by atoms with E-state index in [1.807, 2.05) is 24.3 Å². The van der Waals surface area contributed by atoms with Crippen molar-refractivity contribution in [3.63, 3.8) is 0 Å². The molecule has 0 fully saturated rings. The minimum Gasteiger partial charge on any atom is -0.497 e. The highest BCUT2D eigenvalue weighted by Gasteiger charge is 2.13. The summed E-state index contributed by atoms with van der Waals surface area (Å²) in [6, 6.07) is 15.2. The maximum absolute atomic E-state index is 13.6. The molecule has 0 amide bonds. The van der Waals surface area contributed by atoms with E-state index in [0.29, 0.717) is 12.1 Å². The minimum absolute atomic E-state index is 0.364. The molecule has 2 rings (SSSR count). The van der Waals surface area contributed by atoms with E-state index in [4.69, 9.17) is 10.00 Å². The number of rotatable bonds is 5. The maximum Gasteiger partial charge on any atom is 0.129 e. The second-order valence-electron chi connectivity index (χ2n) is 4.31. The fourth-order valence-electron chi connectivity index (χ4n) is 1.90. The summed E-state index contributed by atoms with van der Waals surface area (Å²) >= 11 is 0. The molecule has 1 N–H and O–H groups in total. The predicted molar refractivity (Wildman–Crippen MR) is 74.6 cm³/mol. The van der Waals surface area contributed by atoms with Gasteiger partial charge in [-0.05, 0) is 23.8 Å². The van der Waals surface area contributed by atoms with Crippen molar-refractivity contribution >= 4 is 0 Å². The van der Waals surface area contributed by atoms with E-state index in [0.717, 1.165) is 11.3 Å². The first-order chi connectivity index (χ1) is 9.74. The zero-order chi connectivity index (χ0) is 14.4. The molecule has 2 aromatic rings. The smallest absolute Gasteiger partial charge is 0.129 e. The number of hydrogen-bond donors (Lipinski definition) is 1. The van der Waals surface area contributed by atoms with Crippen molar-refractivity contribution in [3.8, 4) is 11.8 Å². The number of methoxy groups -OCH3 is 1. The molecule has 20 heavy (non-hydrogen) atoms. The van der Waals surface area contributed by atoms with Gasteiger partial charge in [-0.2, -0.15) is 5.26 Å². The van der Waals surface area contributed by atoms with Gasteiger partial charge >= 0.3 is 0 Å². The Morgan fingerprint density at radius 3 is 2.50 bits per heavy atom. The summed E-state index contributed by atoms with van der Waals surface area (Å²) in [7, 11) is 1.61. The highest BCUT2D eigenvalue weighted by Crippen LogP contribution is 2.17. The topological polar surface area (TPSA) is 45.0 Å². The second-order valence-corrected chi connectivity index (χ2v) is 4.31. The Bertz CT molecular complexity index is 605. The average Bonchev–Trinajstić information content (AvgIpc) is 2.50. The summed E-state index contributed by atoms with van der Waals surface area (Å²) in [6.45, 7) is 0.483. The minimum atomic E-state index is -0.668. The number of benzene rings is 2. The first-order valence-electron chi connectivity index (χ1n) is 6.25. The van der Waals surface area contributed by atoms with Crippen LogP contribution in [0.5, 0.6) is 5.75 Å². The number of nitriles is 1. The maximum atomic E-state index is 13.6. The number of nitrogens with zero attached hydrogens (tertiary/aromatic N) is 1. The first-order valence-corrected chi connectivity index (χ1v) is 6.25. The summed E-state index contributed by atoms with van der Waals surface area (Å²) in [5, 5.41) is 12.2. The zero-order valence-corrected chi connectivity index (χ0v) is 11.1. The van der Waals surface area contributed by atoms with Gasteiger partial charge in [-0.3, -0.25) is 5.32 Å². The molecule has 0 saturated carbocycles. The van der Waals surface area contributed by atoms with Gasteiger partial charge in [-0.25, -0.2) is 4.39 Å². The molecule has 1 atom stereocenters. The van der Waals surface area contributed by atoms with Crippen LogP contribution >= 0.6 is 0 Å². The lowest BCUT2D eigenvalue weighted by atomic mass is 10.1. The van der Waals surface area contributed by atoms with Crippen LogP contribution in [0.15, 0.2) is 48.5 Å². The molecule has 3 nitrogen and oxygen atoms in total. The molecule has 0 spiro atoms. The number of nitrogens with one attached hydrogen (secondary N) is 1. The third kappa shape index (κ3) is 3.34. The van der Waals surface area contributed by atoms with Crippen molar-refractivity contribution in [1.29, 1.82) is 5.26 Å². The Hall–Kier alpha value is -2.38. The van der Waals surface area contributed by atoms with Crippen LogP contribution in [0.1, 0.15) is 17.2 Å². The van der Waals surface area contributed by atoms with Gasteiger partial charge in [0.05, 0.1) is 13.2 Å². The SMILES string of the molecule is COc1ccc(CNC(C#N)c2ccccc2F)cc1. The van der Waals surface area contributed by atoms with Crippen molar-refractivity contribution in [2.24, 2.45) is 0 Å². The largest absolute Gasteiger partial charge is 0.497 e. The van der Waals surface area contributed by atoms with Gasteiger partial charge in [-0.15, -0.1) is 0 Å². The monoisotopic (exact) mass is 270 g/mol. The van der Waals surface area contributed by atoms with Crippen LogP contribution in [0.2, 0.25) is 0 Å². The highest BCUT2D eigenvalue weighted by molar-refractivity contribution is 5.29. The molecule has 1 unspecified atom stereocenters. The Kier molecular flexibility index (Phi) is 4.70. The Morgan fingerprint density at radius 2 is 1.90 bits per heavy atom. The molecule has 0 heterocycles. The summed E-state index contributed by atoms with van der Waals surface area (Å²) < 4.78 is 18.7. The lowest BCUT2D eigenvalue weighted by Crippen LogP contribution is -2.20.